The van der Waals surface area contributed by atoms with Crippen LogP contribution >= 0.6 is 0 Å². The molecule has 3 rings (SSSR count). The lowest BCUT2D eigenvalue weighted by atomic mass is 9.87. The van der Waals surface area contributed by atoms with Gasteiger partial charge in [0.15, 0.2) is 0 Å². The maximum absolute atomic E-state index is 12.4. The summed E-state index contributed by atoms with van der Waals surface area (Å²) in [5.41, 5.74) is 0. The third-order valence-electron chi connectivity index (χ3n) is 5.76. The van der Waals surface area contributed by atoms with Gasteiger partial charge in [-0.3, -0.25) is 10.1 Å². The van der Waals surface area contributed by atoms with Crippen molar-refractivity contribution in [1.29, 1.82) is 0 Å². The van der Waals surface area contributed by atoms with Crippen LogP contribution in [0.4, 0.5) is 0 Å². The summed E-state index contributed by atoms with van der Waals surface area (Å²) < 4.78 is 0. The fourth-order valence-electron chi connectivity index (χ4n) is 4.51. The summed E-state index contributed by atoms with van der Waals surface area (Å²) in [5.74, 6) is 1.92. The number of rotatable bonds is 4. The van der Waals surface area contributed by atoms with Crippen LogP contribution in [0.2, 0.25) is 0 Å². The summed E-state index contributed by atoms with van der Waals surface area (Å²) in [6.45, 7) is 3.02. The van der Waals surface area contributed by atoms with Gasteiger partial charge in [-0.15, -0.1) is 0 Å². The third kappa shape index (κ3) is 3.03. The van der Waals surface area contributed by atoms with E-state index >= 15 is 0 Å². The Morgan fingerprint density at radius 3 is 2.40 bits per heavy atom. The normalized spacial score (nSPS) is 33.2. The molecule has 0 spiro atoms. The third-order valence-corrected chi connectivity index (χ3v) is 5.76. The highest BCUT2D eigenvalue weighted by atomic mass is 16.2. The molecule has 3 nitrogen and oxygen atoms in total. The Morgan fingerprint density at radius 2 is 1.70 bits per heavy atom. The molecule has 2 atom stereocenters. The Kier molecular flexibility index (Phi) is 4.65. The van der Waals surface area contributed by atoms with Crippen LogP contribution in [0.3, 0.4) is 0 Å². The minimum atomic E-state index is 0.0342. The van der Waals surface area contributed by atoms with E-state index in [4.69, 9.17) is 0 Å². The fraction of sp³-hybridized carbons (Fsp3) is 0.941. The molecule has 2 saturated carbocycles. The van der Waals surface area contributed by atoms with E-state index in [-0.39, 0.29) is 6.04 Å². The van der Waals surface area contributed by atoms with E-state index in [0.717, 1.165) is 12.5 Å². The lowest BCUT2D eigenvalue weighted by molar-refractivity contribution is -0.130. The largest absolute Gasteiger partial charge is 0.326 e. The number of nitrogens with zero attached hydrogens (tertiary/aromatic N) is 1. The predicted octanol–water partition coefficient (Wildman–Crippen LogP) is 3.29. The SMILES string of the molecule is CC1NC(C2CCCC2)N(CCC2CCCCC2)C1=O. The zero-order chi connectivity index (χ0) is 13.9. The van der Waals surface area contributed by atoms with Crippen molar-refractivity contribution in [2.75, 3.05) is 6.54 Å². The second-order valence-electron chi connectivity index (χ2n) is 7.20. The molecule has 0 aromatic heterocycles. The molecule has 0 radical (unpaired) electrons. The van der Waals surface area contributed by atoms with Gasteiger partial charge in [0.05, 0.1) is 12.2 Å². The van der Waals surface area contributed by atoms with Gasteiger partial charge in [0, 0.05) is 6.54 Å². The van der Waals surface area contributed by atoms with E-state index in [2.05, 4.69) is 10.2 Å². The zero-order valence-corrected chi connectivity index (χ0v) is 12.9. The molecule has 1 saturated heterocycles. The fourth-order valence-corrected chi connectivity index (χ4v) is 4.51. The molecule has 1 N–H and O–H groups in total. The van der Waals surface area contributed by atoms with Gasteiger partial charge in [-0.05, 0) is 38.0 Å². The van der Waals surface area contributed by atoms with Crippen LogP contribution in [0.25, 0.3) is 0 Å². The van der Waals surface area contributed by atoms with Gasteiger partial charge < -0.3 is 4.90 Å². The minimum Gasteiger partial charge on any atom is -0.326 e. The Hall–Kier alpha value is -0.570. The first-order chi connectivity index (χ1) is 9.75. The first-order valence-electron chi connectivity index (χ1n) is 8.82. The van der Waals surface area contributed by atoms with Gasteiger partial charge in [0.1, 0.15) is 0 Å². The average Bonchev–Trinajstić information content (AvgIpc) is 3.08. The molecule has 0 bridgehead atoms. The van der Waals surface area contributed by atoms with Crippen molar-refractivity contribution < 1.29 is 4.79 Å². The molecular weight excluding hydrogens is 248 g/mol. The number of amides is 1. The van der Waals surface area contributed by atoms with Crippen molar-refractivity contribution in [3.05, 3.63) is 0 Å². The van der Waals surface area contributed by atoms with Gasteiger partial charge in [-0.1, -0.05) is 44.9 Å². The smallest absolute Gasteiger partial charge is 0.240 e. The summed E-state index contributed by atoms with van der Waals surface area (Å²) in [6.07, 6.45) is 13.9. The van der Waals surface area contributed by atoms with Crippen molar-refractivity contribution in [2.24, 2.45) is 11.8 Å². The van der Waals surface area contributed by atoms with Gasteiger partial charge in [-0.25, -0.2) is 0 Å². The molecule has 2 aliphatic carbocycles. The van der Waals surface area contributed by atoms with E-state index in [9.17, 15) is 4.79 Å². The highest BCUT2D eigenvalue weighted by molar-refractivity contribution is 5.83. The molecule has 3 fully saturated rings. The van der Waals surface area contributed by atoms with Gasteiger partial charge in [0.25, 0.3) is 0 Å². The minimum absolute atomic E-state index is 0.0342. The molecule has 1 heterocycles. The van der Waals surface area contributed by atoms with Crippen LogP contribution in [0.15, 0.2) is 0 Å². The molecule has 3 heteroatoms. The second-order valence-corrected chi connectivity index (χ2v) is 7.20. The zero-order valence-electron chi connectivity index (χ0n) is 12.9. The molecule has 1 amide bonds. The standard InChI is InChI=1S/C17H30N2O/c1-13-17(20)19(12-11-14-7-3-2-4-8-14)16(18-13)15-9-5-6-10-15/h13-16,18H,2-12H2,1H3. The van der Waals surface area contributed by atoms with E-state index in [0.29, 0.717) is 18.0 Å². The quantitative estimate of drug-likeness (QED) is 0.856. The summed E-state index contributed by atoms with van der Waals surface area (Å²) in [6, 6.07) is 0.0342. The van der Waals surface area contributed by atoms with Crippen molar-refractivity contribution in [3.63, 3.8) is 0 Å². The predicted molar refractivity (Wildman–Crippen MR) is 81.2 cm³/mol. The number of carbonyl (C=O) groups is 1. The molecule has 2 unspecified atom stereocenters. The maximum Gasteiger partial charge on any atom is 0.240 e. The number of hydrogen-bond acceptors (Lipinski definition) is 2. The highest BCUT2D eigenvalue weighted by Gasteiger charge is 2.41. The molecular formula is C17H30N2O. The van der Waals surface area contributed by atoms with E-state index in [1.54, 1.807) is 0 Å². The molecule has 114 valence electrons. The molecule has 20 heavy (non-hydrogen) atoms. The first kappa shape index (κ1) is 14.4. The topological polar surface area (TPSA) is 32.3 Å². The lowest BCUT2D eigenvalue weighted by Gasteiger charge is -2.31. The van der Waals surface area contributed by atoms with Crippen molar-refractivity contribution in [2.45, 2.75) is 83.3 Å². The lowest BCUT2D eigenvalue weighted by Crippen LogP contribution is -2.43. The monoisotopic (exact) mass is 278 g/mol. The number of hydrogen-bond donors (Lipinski definition) is 1. The highest BCUT2D eigenvalue weighted by Crippen LogP contribution is 2.33. The van der Waals surface area contributed by atoms with Crippen LogP contribution < -0.4 is 5.32 Å². The average molecular weight is 278 g/mol. The summed E-state index contributed by atoms with van der Waals surface area (Å²) in [5, 5.41) is 3.56. The van der Waals surface area contributed by atoms with Gasteiger partial charge >= 0.3 is 0 Å². The van der Waals surface area contributed by atoms with E-state index in [1.807, 2.05) is 6.92 Å². The Labute approximate surface area is 123 Å². The van der Waals surface area contributed by atoms with Crippen LogP contribution in [0.1, 0.15) is 71.1 Å². The summed E-state index contributed by atoms with van der Waals surface area (Å²) >= 11 is 0. The number of carbonyl (C=O) groups excluding carboxylic acids is 1. The number of nitrogens with one attached hydrogen (secondary N) is 1. The summed E-state index contributed by atoms with van der Waals surface area (Å²) in [4.78, 5) is 14.6. The van der Waals surface area contributed by atoms with E-state index < -0.39 is 0 Å². The molecule has 0 aromatic rings. The summed E-state index contributed by atoms with van der Waals surface area (Å²) in [7, 11) is 0. The Balaban J connectivity index is 1.57. The van der Waals surface area contributed by atoms with Crippen LogP contribution in [0.5, 0.6) is 0 Å². The van der Waals surface area contributed by atoms with Crippen molar-refractivity contribution in [1.82, 2.24) is 10.2 Å². The van der Waals surface area contributed by atoms with Gasteiger partial charge in [0.2, 0.25) is 5.91 Å². The van der Waals surface area contributed by atoms with Gasteiger partial charge in [-0.2, -0.15) is 0 Å². The van der Waals surface area contributed by atoms with Crippen LogP contribution in [0, 0.1) is 11.8 Å². The Bertz CT molecular complexity index is 332. The Morgan fingerprint density at radius 1 is 1.05 bits per heavy atom. The van der Waals surface area contributed by atoms with Crippen LogP contribution in [-0.2, 0) is 4.79 Å². The second kappa shape index (κ2) is 6.46. The molecule has 3 aliphatic rings. The maximum atomic E-state index is 12.4. The van der Waals surface area contributed by atoms with E-state index in [1.165, 1.54) is 64.2 Å². The molecule has 1 aliphatic heterocycles. The first-order valence-corrected chi connectivity index (χ1v) is 8.82. The van der Waals surface area contributed by atoms with Crippen molar-refractivity contribution in [3.8, 4) is 0 Å². The van der Waals surface area contributed by atoms with Crippen LogP contribution in [-0.4, -0.2) is 29.6 Å². The molecule has 0 aromatic carbocycles. The van der Waals surface area contributed by atoms with Crippen molar-refractivity contribution >= 4 is 5.91 Å².